The van der Waals surface area contributed by atoms with Crippen molar-refractivity contribution < 1.29 is 14.6 Å². The van der Waals surface area contributed by atoms with E-state index in [1.54, 1.807) is 30.3 Å². The van der Waals surface area contributed by atoms with Crippen LogP contribution in [0.5, 0.6) is 11.5 Å². The van der Waals surface area contributed by atoms with Gasteiger partial charge in [-0.25, -0.2) is 0 Å². The molecule has 24 heavy (non-hydrogen) atoms. The number of aromatic nitrogens is 1. The molecule has 1 aliphatic rings. The maximum atomic E-state index is 12.6. The molecule has 3 rings (SSSR count). The van der Waals surface area contributed by atoms with E-state index >= 15 is 0 Å². The van der Waals surface area contributed by atoms with Crippen LogP contribution in [0.2, 0.25) is 0 Å². The van der Waals surface area contributed by atoms with E-state index in [-0.39, 0.29) is 5.91 Å². The highest BCUT2D eigenvalue weighted by Gasteiger charge is 2.33. The quantitative estimate of drug-likeness (QED) is 0.916. The zero-order valence-corrected chi connectivity index (χ0v) is 13.8. The van der Waals surface area contributed by atoms with E-state index in [2.05, 4.69) is 4.98 Å². The van der Waals surface area contributed by atoms with Gasteiger partial charge in [-0.3, -0.25) is 9.78 Å². The van der Waals surface area contributed by atoms with Gasteiger partial charge in [-0.1, -0.05) is 31.0 Å². The molecule has 0 spiro atoms. The van der Waals surface area contributed by atoms with Crippen LogP contribution in [0.15, 0.2) is 48.7 Å². The van der Waals surface area contributed by atoms with Gasteiger partial charge in [0.15, 0.2) is 0 Å². The van der Waals surface area contributed by atoms with Crippen LogP contribution in [0.25, 0.3) is 0 Å². The molecule has 0 aliphatic heterocycles. The molecule has 0 radical (unpaired) electrons. The van der Waals surface area contributed by atoms with Crippen LogP contribution in [-0.2, 0) is 0 Å². The molecule has 0 atom stereocenters. The van der Waals surface area contributed by atoms with Crippen LogP contribution in [0.1, 0.15) is 36.2 Å². The molecule has 2 aromatic rings. The van der Waals surface area contributed by atoms with Crippen LogP contribution in [0, 0.1) is 0 Å². The summed E-state index contributed by atoms with van der Waals surface area (Å²) in [4.78, 5) is 18.3. The number of aliphatic hydroxyl groups is 1. The standard InChI is InChI=1S/C19H22N2O3/c1-21(14-19(23)10-5-6-11-19)18(22)17-13-16(9-12-20-17)24-15-7-3-2-4-8-15/h2-4,7-9,12-13,23H,5-6,10-11,14H2,1H3. The zero-order chi connectivity index (χ0) is 17.0. The fourth-order valence-corrected chi connectivity index (χ4v) is 3.12. The second-order valence-electron chi connectivity index (χ2n) is 6.38. The number of carbonyl (C=O) groups excluding carboxylic acids is 1. The Morgan fingerprint density at radius 3 is 2.62 bits per heavy atom. The number of carbonyl (C=O) groups is 1. The lowest BCUT2D eigenvalue weighted by Crippen LogP contribution is -2.42. The van der Waals surface area contributed by atoms with Gasteiger partial charge in [-0.2, -0.15) is 0 Å². The summed E-state index contributed by atoms with van der Waals surface area (Å²) in [6.07, 6.45) is 5.07. The summed E-state index contributed by atoms with van der Waals surface area (Å²) in [5.74, 6) is 1.05. The predicted molar refractivity (Wildman–Crippen MR) is 91.1 cm³/mol. The highest BCUT2D eigenvalue weighted by molar-refractivity contribution is 5.92. The number of likely N-dealkylation sites (N-methyl/N-ethyl adjacent to an activating group) is 1. The average Bonchev–Trinajstić information content (AvgIpc) is 3.01. The van der Waals surface area contributed by atoms with Crippen molar-refractivity contribution in [3.63, 3.8) is 0 Å². The summed E-state index contributed by atoms with van der Waals surface area (Å²) in [6, 6.07) is 12.7. The van der Waals surface area contributed by atoms with E-state index in [1.165, 1.54) is 0 Å². The second-order valence-corrected chi connectivity index (χ2v) is 6.38. The minimum atomic E-state index is -0.761. The van der Waals surface area contributed by atoms with Gasteiger partial charge in [0.1, 0.15) is 17.2 Å². The van der Waals surface area contributed by atoms with Crippen LogP contribution in [0.4, 0.5) is 0 Å². The first kappa shape index (κ1) is 16.5. The van der Waals surface area contributed by atoms with E-state index in [4.69, 9.17) is 4.74 Å². The Morgan fingerprint density at radius 2 is 1.92 bits per heavy atom. The van der Waals surface area contributed by atoms with Gasteiger partial charge in [-0.15, -0.1) is 0 Å². The first-order valence-electron chi connectivity index (χ1n) is 8.23. The number of ether oxygens (including phenoxy) is 1. The Bertz CT molecular complexity index is 697. The van der Waals surface area contributed by atoms with Gasteiger partial charge in [-0.05, 0) is 31.0 Å². The maximum absolute atomic E-state index is 12.6. The number of rotatable bonds is 5. The Balaban J connectivity index is 1.69. The average molecular weight is 326 g/mol. The molecule has 1 fully saturated rings. The Morgan fingerprint density at radius 1 is 1.21 bits per heavy atom. The van der Waals surface area contributed by atoms with Crippen LogP contribution < -0.4 is 4.74 Å². The molecular weight excluding hydrogens is 304 g/mol. The lowest BCUT2D eigenvalue weighted by atomic mass is 10.0. The fraction of sp³-hybridized carbons (Fsp3) is 0.368. The SMILES string of the molecule is CN(CC1(O)CCCC1)C(=O)c1cc(Oc2ccccc2)ccn1. The van der Waals surface area contributed by atoms with Gasteiger partial charge >= 0.3 is 0 Å². The Labute approximate surface area is 141 Å². The number of hydrogen-bond acceptors (Lipinski definition) is 4. The maximum Gasteiger partial charge on any atom is 0.272 e. The van der Waals surface area contributed by atoms with Gasteiger partial charge in [0.05, 0.1) is 5.60 Å². The zero-order valence-electron chi connectivity index (χ0n) is 13.8. The first-order valence-corrected chi connectivity index (χ1v) is 8.23. The third kappa shape index (κ3) is 3.92. The lowest BCUT2D eigenvalue weighted by Gasteiger charge is -2.28. The topological polar surface area (TPSA) is 62.7 Å². The second kappa shape index (κ2) is 7.01. The molecule has 1 N–H and O–H groups in total. The smallest absolute Gasteiger partial charge is 0.272 e. The van der Waals surface area contributed by atoms with E-state index in [1.807, 2.05) is 30.3 Å². The summed E-state index contributed by atoms with van der Waals surface area (Å²) in [7, 11) is 1.70. The number of pyridine rings is 1. The van der Waals surface area contributed by atoms with E-state index in [0.29, 0.717) is 23.7 Å². The number of benzene rings is 1. The van der Waals surface area contributed by atoms with E-state index in [0.717, 1.165) is 25.7 Å². The fourth-order valence-electron chi connectivity index (χ4n) is 3.12. The van der Waals surface area contributed by atoms with Crippen molar-refractivity contribution in [1.82, 2.24) is 9.88 Å². The van der Waals surface area contributed by atoms with Gasteiger partial charge in [0.25, 0.3) is 5.91 Å². The van der Waals surface area contributed by atoms with Crippen molar-refractivity contribution in [2.45, 2.75) is 31.3 Å². The highest BCUT2D eigenvalue weighted by Crippen LogP contribution is 2.30. The Kier molecular flexibility index (Phi) is 4.81. The third-order valence-corrected chi connectivity index (χ3v) is 4.34. The summed E-state index contributed by atoms with van der Waals surface area (Å²) in [5.41, 5.74) is -0.449. The van der Waals surface area contributed by atoms with E-state index < -0.39 is 5.60 Å². The van der Waals surface area contributed by atoms with Gasteiger partial charge in [0, 0.05) is 25.9 Å². The van der Waals surface area contributed by atoms with Crippen molar-refractivity contribution in [3.8, 4) is 11.5 Å². The third-order valence-electron chi connectivity index (χ3n) is 4.34. The van der Waals surface area contributed by atoms with Crippen molar-refractivity contribution in [2.75, 3.05) is 13.6 Å². The number of para-hydroxylation sites is 1. The monoisotopic (exact) mass is 326 g/mol. The predicted octanol–water partition coefficient (Wildman–Crippen LogP) is 3.25. The summed E-state index contributed by atoms with van der Waals surface area (Å²) in [6.45, 7) is 0.331. The molecule has 5 nitrogen and oxygen atoms in total. The molecular formula is C19H22N2O3. The normalized spacial score (nSPS) is 15.9. The number of nitrogens with zero attached hydrogens (tertiary/aromatic N) is 2. The molecule has 1 heterocycles. The number of hydrogen-bond donors (Lipinski definition) is 1. The molecule has 1 aromatic carbocycles. The molecule has 0 saturated heterocycles. The largest absolute Gasteiger partial charge is 0.457 e. The van der Waals surface area contributed by atoms with Crippen molar-refractivity contribution in [1.29, 1.82) is 0 Å². The Hall–Kier alpha value is -2.40. The molecule has 1 aromatic heterocycles. The summed E-state index contributed by atoms with van der Waals surface area (Å²) in [5, 5.41) is 10.5. The molecule has 1 aliphatic carbocycles. The molecule has 126 valence electrons. The van der Waals surface area contributed by atoms with Gasteiger partial charge < -0.3 is 14.7 Å². The first-order chi connectivity index (χ1) is 11.6. The lowest BCUT2D eigenvalue weighted by molar-refractivity contribution is 0.0155. The van der Waals surface area contributed by atoms with Crippen molar-refractivity contribution in [3.05, 3.63) is 54.4 Å². The van der Waals surface area contributed by atoms with Crippen LogP contribution in [0.3, 0.4) is 0 Å². The molecule has 5 heteroatoms. The van der Waals surface area contributed by atoms with Crippen molar-refractivity contribution in [2.24, 2.45) is 0 Å². The number of amides is 1. The van der Waals surface area contributed by atoms with E-state index in [9.17, 15) is 9.90 Å². The molecule has 0 bridgehead atoms. The molecule has 0 unspecified atom stereocenters. The van der Waals surface area contributed by atoms with Gasteiger partial charge in [0.2, 0.25) is 0 Å². The molecule has 1 saturated carbocycles. The van der Waals surface area contributed by atoms with Crippen LogP contribution in [-0.4, -0.2) is 40.1 Å². The summed E-state index contributed by atoms with van der Waals surface area (Å²) >= 11 is 0. The van der Waals surface area contributed by atoms with Crippen molar-refractivity contribution >= 4 is 5.91 Å². The van der Waals surface area contributed by atoms with Crippen LogP contribution >= 0.6 is 0 Å². The minimum absolute atomic E-state index is 0.214. The minimum Gasteiger partial charge on any atom is -0.457 e. The summed E-state index contributed by atoms with van der Waals surface area (Å²) < 4.78 is 5.74. The highest BCUT2D eigenvalue weighted by atomic mass is 16.5. The molecule has 1 amide bonds.